The molecule has 0 radical (unpaired) electrons. The largest absolute Gasteiger partial charge is 0.417 e. The molecule has 0 N–H and O–H groups in total. The molecule has 0 aliphatic carbocycles. The fraction of sp³-hybridized carbons (Fsp3) is 0.133. The summed E-state index contributed by atoms with van der Waals surface area (Å²) in [7, 11) is 0. The second kappa shape index (κ2) is 4.77. The summed E-state index contributed by atoms with van der Waals surface area (Å²) >= 11 is 6.02. The van der Waals surface area contributed by atoms with E-state index in [2.05, 4.69) is 4.98 Å². The van der Waals surface area contributed by atoms with Crippen molar-refractivity contribution in [3.63, 3.8) is 0 Å². The molecule has 0 spiro atoms. The van der Waals surface area contributed by atoms with Crippen molar-refractivity contribution in [3.8, 4) is 5.82 Å². The quantitative estimate of drug-likeness (QED) is 0.618. The fourth-order valence-electron chi connectivity index (χ4n) is 2.32. The molecule has 108 valence electrons. The number of alkyl halides is 3. The number of aromatic nitrogens is 2. The second-order valence-electron chi connectivity index (χ2n) is 4.71. The van der Waals surface area contributed by atoms with Crippen LogP contribution in [0.2, 0.25) is 5.02 Å². The van der Waals surface area contributed by atoms with Gasteiger partial charge >= 0.3 is 6.18 Å². The third-order valence-corrected chi connectivity index (χ3v) is 3.53. The van der Waals surface area contributed by atoms with Gasteiger partial charge in [0, 0.05) is 17.3 Å². The van der Waals surface area contributed by atoms with Crippen molar-refractivity contribution in [2.75, 3.05) is 0 Å². The highest BCUT2D eigenvalue weighted by Gasteiger charge is 2.31. The Balaban J connectivity index is 2.22. The molecule has 2 aromatic heterocycles. The van der Waals surface area contributed by atoms with Gasteiger partial charge in [0.25, 0.3) is 0 Å². The van der Waals surface area contributed by atoms with Gasteiger partial charge in [0.1, 0.15) is 0 Å². The van der Waals surface area contributed by atoms with Gasteiger partial charge in [0.05, 0.1) is 16.1 Å². The molecule has 0 atom stereocenters. The summed E-state index contributed by atoms with van der Waals surface area (Å²) in [6.07, 6.45) is -3.65. The molecule has 0 unspecified atom stereocenters. The lowest BCUT2D eigenvalue weighted by atomic mass is 10.2. The number of para-hydroxylation sites is 1. The van der Waals surface area contributed by atoms with Crippen LogP contribution in [0.25, 0.3) is 16.7 Å². The Morgan fingerprint density at radius 1 is 1.14 bits per heavy atom. The molecule has 3 rings (SSSR count). The summed E-state index contributed by atoms with van der Waals surface area (Å²) in [6.45, 7) is 1.86. The first-order chi connectivity index (χ1) is 9.88. The molecule has 0 saturated heterocycles. The zero-order valence-electron chi connectivity index (χ0n) is 10.9. The Labute approximate surface area is 123 Å². The molecule has 3 aromatic rings. The van der Waals surface area contributed by atoms with Crippen LogP contribution in [0.15, 0.2) is 42.6 Å². The number of halogens is 4. The van der Waals surface area contributed by atoms with E-state index >= 15 is 0 Å². The van der Waals surface area contributed by atoms with Crippen LogP contribution < -0.4 is 0 Å². The summed E-state index contributed by atoms with van der Waals surface area (Å²) in [5, 5.41) is 0.946. The van der Waals surface area contributed by atoms with E-state index in [1.165, 1.54) is 0 Å². The third-order valence-electron chi connectivity index (χ3n) is 3.26. The van der Waals surface area contributed by atoms with E-state index in [0.717, 1.165) is 28.9 Å². The van der Waals surface area contributed by atoms with Crippen molar-refractivity contribution in [1.82, 2.24) is 9.55 Å². The molecule has 0 bridgehead atoms. The van der Waals surface area contributed by atoms with Crippen molar-refractivity contribution >= 4 is 22.5 Å². The molecule has 0 fully saturated rings. The number of nitrogens with zero attached hydrogens (tertiary/aromatic N) is 2. The maximum absolute atomic E-state index is 12.7. The molecule has 2 nitrogen and oxygen atoms in total. The number of rotatable bonds is 1. The van der Waals surface area contributed by atoms with Gasteiger partial charge in [-0.15, -0.1) is 0 Å². The molecule has 1 aromatic carbocycles. The van der Waals surface area contributed by atoms with Crippen LogP contribution >= 0.6 is 11.6 Å². The first-order valence-corrected chi connectivity index (χ1v) is 6.56. The number of pyridine rings is 1. The van der Waals surface area contributed by atoms with Crippen LogP contribution in [-0.4, -0.2) is 9.55 Å². The van der Waals surface area contributed by atoms with Crippen molar-refractivity contribution in [2.24, 2.45) is 0 Å². The smallest absolute Gasteiger partial charge is 0.297 e. The Morgan fingerprint density at radius 2 is 1.86 bits per heavy atom. The topological polar surface area (TPSA) is 17.8 Å². The summed E-state index contributed by atoms with van der Waals surface area (Å²) in [6, 6.07) is 10.4. The maximum Gasteiger partial charge on any atom is 0.417 e. The van der Waals surface area contributed by atoms with Gasteiger partial charge in [-0.3, -0.25) is 4.57 Å². The molecule has 0 aliphatic rings. The predicted octanol–water partition coefficient (Wildman–Crippen LogP) is 5.01. The average molecular weight is 311 g/mol. The molecule has 2 heterocycles. The Bertz CT molecular complexity index is 821. The van der Waals surface area contributed by atoms with Crippen LogP contribution in [-0.2, 0) is 6.18 Å². The van der Waals surface area contributed by atoms with Crippen LogP contribution in [0.4, 0.5) is 13.2 Å². The minimum atomic E-state index is -4.46. The summed E-state index contributed by atoms with van der Waals surface area (Å²) in [5.74, 6) is 0.295. The van der Waals surface area contributed by atoms with Crippen LogP contribution in [0.1, 0.15) is 11.3 Å². The number of hydrogen-bond acceptors (Lipinski definition) is 1. The Kier molecular flexibility index (Phi) is 3.17. The lowest BCUT2D eigenvalue weighted by Crippen LogP contribution is -2.08. The zero-order valence-corrected chi connectivity index (χ0v) is 11.7. The molecule has 0 amide bonds. The number of aryl methyl sites for hydroxylation is 1. The van der Waals surface area contributed by atoms with E-state index in [4.69, 9.17) is 11.6 Å². The molecule has 21 heavy (non-hydrogen) atoms. The van der Waals surface area contributed by atoms with E-state index in [1.54, 1.807) is 4.57 Å². The number of benzene rings is 1. The highest BCUT2D eigenvalue weighted by atomic mass is 35.5. The number of hydrogen-bond donors (Lipinski definition) is 0. The van der Waals surface area contributed by atoms with Crippen molar-refractivity contribution < 1.29 is 13.2 Å². The summed E-state index contributed by atoms with van der Waals surface area (Å²) in [4.78, 5) is 3.91. The average Bonchev–Trinajstić information content (AvgIpc) is 2.74. The van der Waals surface area contributed by atoms with Gasteiger partial charge in [-0.25, -0.2) is 4.98 Å². The molecule has 0 saturated carbocycles. The SMILES string of the molecule is Cc1cc2ccccc2n1-c1ncc(C(F)(F)F)cc1Cl. The van der Waals surface area contributed by atoms with Crippen LogP contribution in [0.5, 0.6) is 0 Å². The summed E-state index contributed by atoms with van der Waals surface area (Å²) in [5.41, 5.74) is 0.847. The van der Waals surface area contributed by atoms with Crippen LogP contribution in [0, 0.1) is 6.92 Å². The van der Waals surface area contributed by atoms with Crippen molar-refractivity contribution in [2.45, 2.75) is 13.1 Å². The molecule has 0 aliphatic heterocycles. The minimum Gasteiger partial charge on any atom is -0.297 e. The van der Waals surface area contributed by atoms with E-state index in [1.807, 2.05) is 37.3 Å². The first-order valence-electron chi connectivity index (χ1n) is 6.18. The first kappa shape index (κ1) is 13.9. The lowest BCUT2D eigenvalue weighted by molar-refractivity contribution is -0.137. The zero-order chi connectivity index (χ0) is 15.2. The highest BCUT2D eigenvalue weighted by Crippen LogP contribution is 2.33. The standard InChI is InChI=1S/C15H10ClF3N2/c1-9-6-10-4-2-3-5-13(10)21(9)14-12(16)7-11(8-20-14)15(17,18)19/h2-8H,1H3. The predicted molar refractivity (Wildman–Crippen MR) is 75.8 cm³/mol. The molecule has 6 heteroatoms. The van der Waals surface area contributed by atoms with Gasteiger partial charge < -0.3 is 0 Å². The van der Waals surface area contributed by atoms with E-state index in [0.29, 0.717) is 5.82 Å². The van der Waals surface area contributed by atoms with Gasteiger partial charge in [0.2, 0.25) is 0 Å². The Morgan fingerprint density at radius 3 is 2.52 bits per heavy atom. The van der Waals surface area contributed by atoms with E-state index in [-0.39, 0.29) is 5.02 Å². The van der Waals surface area contributed by atoms with Gasteiger partial charge in [-0.1, -0.05) is 29.8 Å². The fourth-order valence-corrected chi connectivity index (χ4v) is 2.58. The highest BCUT2D eigenvalue weighted by molar-refractivity contribution is 6.32. The van der Waals surface area contributed by atoms with E-state index < -0.39 is 11.7 Å². The molecular formula is C15H10ClF3N2. The second-order valence-corrected chi connectivity index (χ2v) is 5.11. The normalized spacial score (nSPS) is 12.0. The van der Waals surface area contributed by atoms with Crippen molar-refractivity contribution in [3.05, 3.63) is 58.9 Å². The third kappa shape index (κ3) is 2.38. The van der Waals surface area contributed by atoms with Gasteiger partial charge in [-0.2, -0.15) is 13.2 Å². The van der Waals surface area contributed by atoms with Gasteiger partial charge in [-0.05, 0) is 25.1 Å². The van der Waals surface area contributed by atoms with Crippen LogP contribution in [0.3, 0.4) is 0 Å². The summed E-state index contributed by atoms with van der Waals surface area (Å²) < 4.78 is 39.8. The van der Waals surface area contributed by atoms with Gasteiger partial charge in [0.15, 0.2) is 5.82 Å². The number of fused-ring (bicyclic) bond motifs is 1. The minimum absolute atomic E-state index is 0.0331. The molecular weight excluding hydrogens is 301 g/mol. The van der Waals surface area contributed by atoms with E-state index in [9.17, 15) is 13.2 Å². The Hall–Kier alpha value is -2.01. The van der Waals surface area contributed by atoms with Crippen molar-refractivity contribution in [1.29, 1.82) is 0 Å². The maximum atomic E-state index is 12.7. The monoisotopic (exact) mass is 310 g/mol. The lowest BCUT2D eigenvalue weighted by Gasteiger charge is -2.12.